The first-order valence-corrected chi connectivity index (χ1v) is 5.62. The molecule has 2 fully saturated rings. The van der Waals surface area contributed by atoms with Crippen LogP contribution < -0.4 is 5.73 Å². The third-order valence-electron chi connectivity index (χ3n) is 3.45. The minimum atomic E-state index is 0.0307. The quantitative estimate of drug-likeness (QED) is 0.730. The van der Waals surface area contributed by atoms with Crippen molar-refractivity contribution in [2.75, 3.05) is 32.8 Å². The van der Waals surface area contributed by atoms with E-state index in [0.29, 0.717) is 5.41 Å². The SMILES string of the molecule is CC1(C)CN(CC2(CN)CC2)CCO1. The molecular formula is C11H22N2O. The lowest BCUT2D eigenvalue weighted by atomic mass is 10.0. The summed E-state index contributed by atoms with van der Waals surface area (Å²) in [7, 11) is 0. The van der Waals surface area contributed by atoms with Gasteiger partial charge in [0, 0.05) is 19.6 Å². The summed E-state index contributed by atoms with van der Waals surface area (Å²) in [6, 6.07) is 0. The van der Waals surface area contributed by atoms with Crippen LogP contribution in [-0.2, 0) is 4.74 Å². The maximum atomic E-state index is 5.80. The fourth-order valence-electron chi connectivity index (χ4n) is 2.33. The van der Waals surface area contributed by atoms with Crippen molar-refractivity contribution < 1.29 is 4.74 Å². The summed E-state index contributed by atoms with van der Waals surface area (Å²) in [5.41, 5.74) is 6.29. The highest BCUT2D eigenvalue weighted by atomic mass is 16.5. The Kier molecular flexibility index (Phi) is 2.58. The van der Waals surface area contributed by atoms with Crippen molar-refractivity contribution in [3.63, 3.8) is 0 Å². The molecule has 0 spiro atoms. The van der Waals surface area contributed by atoms with Gasteiger partial charge in [-0.2, -0.15) is 0 Å². The van der Waals surface area contributed by atoms with Crippen LogP contribution in [0.5, 0.6) is 0 Å². The monoisotopic (exact) mass is 198 g/mol. The lowest BCUT2D eigenvalue weighted by Gasteiger charge is -2.39. The predicted molar refractivity (Wildman–Crippen MR) is 57.2 cm³/mol. The first kappa shape index (κ1) is 10.4. The zero-order valence-electron chi connectivity index (χ0n) is 9.38. The fourth-order valence-corrected chi connectivity index (χ4v) is 2.33. The molecule has 0 radical (unpaired) electrons. The second-order valence-electron chi connectivity index (χ2n) is 5.52. The van der Waals surface area contributed by atoms with E-state index in [1.807, 2.05) is 0 Å². The van der Waals surface area contributed by atoms with Crippen molar-refractivity contribution in [3.8, 4) is 0 Å². The standard InChI is InChI=1S/C11H22N2O/c1-10(2)8-13(5-6-14-10)9-11(7-12)3-4-11/h3-9,12H2,1-2H3. The summed E-state index contributed by atoms with van der Waals surface area (Å²) in [5, 5.41) is 0. The van der Waals surface area contributed by atoms with Gasteiger partial charge in [-0.25, -0.2) is 0 Å². The van der Waals surface area contributed by atoms with Crippen molar-refractivity contribution in [3.05, 3.63) is 0 Å². The average Bonchev–Trinajstić information content (AvgIpc) is 2.84. The molecule has 82 valence electrons. The number of morpholine rings is 1. The molecule has 2 rings (SSSR count). The second-order valence-corrected chi connectivity index (χ2v) is 5.52. The van der Waals surface area contributed by atoms with Gasteiger partial charge >= 0.3 is 0 Å². The van der Waals surface area contributed by atoms with E-state index >= 15 is 0 Å². The molecule has 0 aromatic rings. The van der Waals surface area contributed by atoms with Crippen LogP contribution in [0.25, 0.3) is 0 Å². The van der Waals surface area contributed by atoms with Crippen LogP contribution >= 0.6 is 0 Å². The molecule has 1 saturated carbocycles. The molecule has 0 bridgehead atoms. The van der Waals surface area contributed by atoms with Crippen LogP contribution in [0.3, 0.4) is 0 Å². The zero-order chi connectivity index (χ0) is 10.2. The summed E-state index contributed by atoms with van der Waals surface area (Å²) in [6.07, 6.45) is 2.64. The Morgan fingerprint density at radius 3 is 2.57 bits per heavy atom. The zero-order valence-corrected chi connectivity index (χ0v) is 9.38. The van der Waals surface area contributed by atoms with Gasteiger partial charge in [-0.1, -0.05) is 0 Å². The first-order valence-electron chi connectivity index (χ1n) is 5.62. The molecule has 1 aliphatic heterocycles. The Balaban J connectivity index is 1.86. The third kappa shape index (κ3) is 2.27. The Morgan fingerprint density at radius 2 is 2.07 bits per heavy atom. The van der Waals surface area contributed by atoms with E-state index in [-0.39, 0.29) is 5.60 Å². The van der Waals surface area contributed by atoms with Crippen LogP contribution in [-0.4, -0.2) is 43.3 Å². The van der Waals surface area contributed by atoms with Gasteiger partial charge in [0.1, 0.15) is 0 Å². The molecule has 3 heteroatoms. The highest BCUT2D eigenvalue weighted by Crippen LogP contribution is 2.45. The molecule has 0 atom stereocenters. The Hall–Kier alpha value is -0.120. The maximum Gasteiger partial charge on any atom is 0.0753 e. The smallest absolute Gasteiger partial charge is 0.0753 e. The summed E-state index contributed by atoms with van der Waals surface area (Å²) in [6.45, 7) is 9.36. The number of ether oxygens (including phenoxy) is 1. The lowest BCUT2D eigenvalue weighted by molar-refractivity contribution is -0.0897. The van der Waals surface area contributed by atoms with Gasteiger partial charge in [-0.15, -0.1) is 0 Å². The number of nitrogens with two attached hydrogens (primary N) is 1. The summed E-state index contributed by atoms with van der Waals surface area (Å²) in [4.78, 5) is 2.52. The molecule has 0 aromatic carbocycles. The number of hydrogen-bond acceptors (Lipinski definition) is 3. The molecule has 0 amide bonds. The van der Waals surface area contributed by atoms with E-state index in [9.17, 15) is 0 Å². The van der Waals surface area contributed by atoms with Crippen LogP contribution in [0.4, 0.5) is 0 Å². The number of hydrogen-bond donors (Lipinski definition) is 1. The van der Waals surface area contributed by atoms with Gasteiger partial charge in [-0.3, -0.25) is 4.90 Å². The van der Waals surface area contributed by atoms with Crippen molar-refractivity contribution >= 4 is 0 Å². The molecule has 1 saturated heterocycles. The van der Waals surface area contributed by atoms with E-state index in [0.717, 1.165) is 26.2 Å². The van der Waals surface area contributed by atoms with Crippen LogP contribution in [0.15, 0.2) is 0 Å². The minimum absolute atomic E-state index is 0.0307. The topological polar surface area (TPSA) is 38.5 Å². The lowest BCUT2D eigenvalue weighted by Crippen LogP contribution is -2.50. The number of rotatable bonds is 3. The highest BCUT2D eigenvalue weighted by molar-refractivity contribution is 4.97. The van der Waals surface area contributed by atoms with Crippen LogP contribution in [0, 0.1) is 5.41 Å². The minimum Gasteiger partial charge on any atom is -0.373 e. The van der Waals surface area contributed by atoms with Gasteiger partial charge < -0.3 is 10.5 Å². The van der Waals surface area contributed by atoms with E-state index in [1.54, 1.807) is 0 Å². The first-order chi connectivity index (χ1) is 6.55. The molecule has 0 aromatic heterocycles. The second kappa shape index (κ2) is 3.47. The van der Waals surface area contributed by atoms with Gasteiger partial charge in [0.15, 0.2) is 0 Å². The molecular weight excluding hydrogens is 176 g/mol. The average molecular weight is 198 g/mol. The van der Waals surface area contributed by atoms with Gasteiger partial charge in [-0.05, 0) is 38.6 Å². The molecule has 2 aliphatic rings. The molecule has 2 N–H and O–H groups in total. The fraction of sp³-hybridized carbons (Fsp3) is 1.00. The molecule has 3 nitrogen and oxygen atoms in total. The van der Waals surface area contributed by atoms with Gasteiger partial charge in [0.05, 0.1) is 12.2 Å². The van der Waals surface area contributed by atoms with Crippen molar-refractivity contribution in [1.82, 2.24) is 4.90 Å². The maximum absolute atomic E-state index is 5.80. The normalized spacial score (nSPS) is 30.2. The van der Waals surface area contributed by atoms with E-state index in [2.05, 4.69) is 18.7 Å². The summed E-state index contributed by atoms with van der Waals surface area (Å²) >= 11 is 0. The molecule has 1 aliphatic carbocycles. The Labute approximate surface area is 86.6 Å². The van der Waals surface area contributed by atoms with Gasteiger partial charge in [0.25, 0.3) is 0 Å². The molecule has 14 heavy (non-hydrogen) atoms. The summed E-state index contributed by atoms with van der Waals surface area (Å²) in [5.74, 6) is 0. The number of nitrogens with zero attached hydrogens (tertiary/aromatic N) is 1. The largest absolute Gasteiger partial charge is 0.373 e. The predicted octanol–water partition coefficient (Wildman–Crippen LogP) is 0.836. The van der Waals surface area contributed by atoms with Crippen molar-refractivity contribution in [1.29, 1.82) is 0 Å². The van der Waals surface area contributed by atoms with Crippen molar-refractivity contribution in [2.45, 2.75) is 32.3 Å². The highest BCUT2D eigenvalue weighted by Gasteiger charge is 2.43. The third-order valence-corrected chi connectivity index (χ3v) is 3.45. The summed E-state index contributed by atoms with van der Waals surface area (Å²) < 4.78 is 5.69. The van der Waals surface area contributed by atoms with E-state index < -0.39 is 0 Å². The van der Waals surface area contributed by atoms with Crippen molar-refractivity contribution in [2.24, 2.45) is 11.1 Å². The Bertz CT molecular complexity index is 211. The molecule has 1 heterocycles. The van der Waals surface area contributed by atoms with Crippen LogP contribution in [0.2, 0.25) is 0 Å². The van der Waals surface area contributed by atoms with E-state index in [4.69, 9.17) is 10.5 Å². The van der Waals surface area contributed by atoms with Crippen LogP contribution in [0.1, 0.15) is 26.7 Å². The van der Waals surface area contributed by atoms with E-state index in [1.165, 1.54) is 19.4 Å². The Morgan fingerprint density at radius 1 is 1.36 bits per heavy atom. The van der Waals surface area contributed by atoms with Gasteiger partial charge in [0.2, 0.25) is 0 Å². The molecule has 0 unspecified atom stereocenters.